The summed E-state index contributed by atoms with van der Waals surface area (Å²) < 4.78 is 0. The van der Waals surface area contributed by atoms with Crippen LogP contribution in [0.25, 0.3) is 0 Å². The van der Waals surface area contributed by atoms with E-state index in [0.717, 1.165) is 13.1 Å². The van der Waals surface area contributed by atoms with Crippen LogP contribution in [0.4, 0.5) is 0 Å². The number of benzene rings is 1. The van der Waals surface area contributed by atoms with Crippen LogP contribution >= 0.6 is 0 Å². The van der Waals surface area contributed by atoms with Gasteiger partial charge in [0.05, 0.1) is 0 Å². The van der Waals surface area contributed by atoms with E-state index < -0.39 is 0 Å². The number of nitrogens with one attached hydrogen (secondary N) is 1. The molecular weight excluding hydrogens is 218 g/mol. The predicted octanol–water partition coefficient (Wildman–Crippen LogP) is 4.43. The topological polar surface area (TPSA) is 12.0 Å². The van der Waals surface area contributed by atoms with Crippen LogP contribution in [0.5, 0.6) is 0 Å². The Labute approximate surface area is 113 Å². The lowest BCUT2D eigenvalue weighted by atomic mass is 9.80. The van der Waals surface area contributed by atoms with Gasteiger partial charge in [-0.25, -0.2) is 0 Å². The van der Waals surface area contributed by atoms with E-state index in [0.29, 0.717) is 5.41 Å². The Morgan fingerprint density at radius 2 is 1.78 bits per heavy atom. The van der Waals surface area contributed by atoms with Gasteiger partial charge >= 0.3 is 0 Å². The molecule has 0 radical (unpaired) electrons. The quantitative estimate of drug-likeness (QED) is 0.681. The predicted molar refractivity (Wildman–Crippen MR) is 80.9 cm³/mol. The van der Waals surface area contributed by atoms with Crippen molar-refractivity contribution in [1.29, 1.82) is 0 Å². The van der Waals surface area contributed by atoms with Gasteiger partial charge in [0, 0.05) is 6.54 Å². The molecule has 0 aliphatic rings. The Balaban J connectivity index is 2.37. The first kappa shape index (κ1) is 15.2. The van der Waals surface area contributed by atoms with Crippen LogP contribution in [-0.4, -0.2) is 13.1 Å². The van der Waals surface area contributed by atoms with Crippen molar-refractivity contribution in [3.63, 3.8) is 0 Å². The lowest BCUT2D eigenvalue weighted by Crippen LogP contribution is -2.31. The lowest BCUT2D eigenvalue weighted by Gasteiger charge is -2.29. The second kappa shape index (κ2) is 8.31. The molecule has 1 unspecified atom stereocenters. The zero-order valence-electron chi connectivity index (χ0n) is 12.3. The molecule has 0 fully saturated rings. The third-order valence-corrected chi connectivity index (χ3v) is 3.74. The van der Waals surface area contributed by atoms with Gasteiger partial charge in [0.1, 0.15) is 0 Å². The Kier molecular flexibility index (Phi) is 7.04. The van der Waals surface area contributed by atoms with Crippen LogP contribution in [0.15, 0.2) is 30.3 Å². The molecule has 1 aromatic carbocycles. The molecule has 1 nitrogen and oxygen atoms in total. The van der Waals surface area contributed by atoms with Crippen LogP contribution in [0.2, 0.25) is 0 Å². The molecule has 0 aliphatic carbocycles. The van der Waals surface area contributed by atoms with Crippen molar-refractivity contribution in [2.75, 3.05) is 13.1 Å². The largest absolute Gasteiger partial charge is 0.316 e. The van der Waals surface area contributed by atoms with Gasteiger partial charge in [-0.3, -0.25) is 0 Å². The van der Waals surface area contributed by atoms with Crippen LogP contribution < -0.4 is 5.32 Å². The molecule has 0 saturated heterocycles. The average Bonchev–Trinajstić information content (AvgIpc) is 2.38. The molecule has 0 amide bonds. The van der Waals surface area contributed by atoms with Gasteiger partial charge in [-0.05, 0) is 43.2 Å². The molecule has 0 aromatic heterocycles. The summed E-state index contributed by atoms with van der Waals surface area (Å²) in [5.41, 5.74) is 1.94. The van der Waals surface area contributed by atoms with Gasteiger partial charge in [0.15, 0.2) is 0 Å². The maximum atomic E-state index is 3.52. The molecule has 1 aromatic rings. The standard InChI is InChI=1S/C17H29N/c1-4-13-17(3,15-18-5-2)14-9-12-16-10-7-6-8-11-16/h6-8,10-11,18H,4-5,9,12-15H2,1-3H3. The second-order valence-corrected chi connectivity index (χ2v) is 5.68. The minimum atomic E-state index is 0.472. The van der Waals surface area contributed by atoms with E-state index in [-0.39, 0.29) is 0 Å². The number of rotatable bonds is 9. The molecule has 1 N–H and O–H groups in total. The highest BCUT2D eigenvalue weighted by molar-refractivity contribution is 5.14. The molecule has 0 saturated carbocycles. The summed E-state index contributed by atoms with van der Waals surface area (Å²) in [5, 5.41) is 3.52. The molecule has 1 rings (SSSR count). The summed E-state index contributed by atoms with van der Waals surface area (Å²) >= 11 is 0. The maximum absolute atomic E-state index is 3.52. The SMILES string of the molecule is CCCC(C)(CCCc1ccccc1)CNCC. The number of aryl methyl sites for hydroxylation is 1. The van der Waals surface area contributed by atoms with Crippen molar-refractivity contribution in [2.45, 2.75) is 52.9 Å². The monoisotopic (exact) mass is 247 g/mol. The van der Waals surface area contributed by atoms with Crippen molar-refractivity contribution >= 4 is 0 Å². The zero-order valence-corrected chi connectivity index (χ0v) is 12.3. The summed E-state index contributed by atoms with van der Waals surface area (Å²) in [6.45, 7) is 9.16. The highest BCUT2D eigenvalue weighted by Crippen LogP contribution is 2.29. The van der Waals surface area contributed by atoms with Gasteiger partial charge in [0.25, 0.3) is 0 Å². The Morgan fingerprint density at radius 1 is 1.06 bits per heavy atom. The summed E-state index contributed by atoms with van der Waals surface area (Å²) in [5.74, 6) is 0. The summed E-state index contributed by atoms with van der Waals surface area (Å²) in [4.78, 5) is 0. The van der Waals surface area contributed by atoms with Crippen molar-refractivity contribution in [3.05, 3.63) is 35.9 Å². The lowest BCUT2D eigenvalue weighted by molar-refractivity contribution is 0.251. The smallest absolute Gasteiger partial charge is 0.000504 e. The molecule has 18 heavy (non-hydrogen) atoms. The van der Waals surface area contributed by atoms with Gasteiger partial charge in [-0.1, -0.05) is 57.5 Å². The molecular formula is C17H29N. The first-order valence-electron chi connectivity index (χ1n) is 7.45. The van der Waals surface area contributed by atoms with E-state index >= 15 is 0 Å². The minimum absolute atomic E-state index is 0.472. The van der Waals surface area contributed by atoms with Crippen molar-refractivity contribution < 1.29 is 0 Å². The third kappa shape index (κ3) is 5.68. The second-order valence-electron chi connectivity index (χ2n) is 5.68. The van der Waals surface area contributed by atoms with Gasteiger partial charge in [-0.15, -0.1) is 0 Å². The van der Waals surface area contributed by atoms with Crippen molar-refractivity contribution in [1.82, 2.24) is 5.32 Å². The maximum Gasteiger partial charge on any atom is 0.000504 e. The van der Waals surface area contributed by atoms with Crippen molar-refractivity contribution in [2.24, 2.45) is 5.41 Å². The van der Waals surface area contributed by atoms with Gasteiger partial charge in [0.2, 0.25) is 0 Å². The zero-order chi connectivity index (χ0) is 13.3. The first-order chi connectivity index (χ1) is 8.70. The Bertz CT molecular complexity index is 307. The molecule has 0 bridgehead atoms. The van der Waals surface area contributed by atoms with Gasteiger partial charge in [-0.2, -0.15) is 0 Å². The van der Waals surface area contributed by atoms with Crippen LogP contribution in [0.1, 0.15) is 52.0 Å². The number of hydrogen-bond acceptors (Lipinski definition) is 1. The van der Waals surface area contributed by atoms with E-state index in [9.17, 15) is 0 Å². The third-order valence-electron chi connectivity index (χ3n) is 3.74. The highest BCUT2D eigenvalue weighted by Gasteiger charge is 2.21. The average molecular weight is 247 g/mol. The molecule has 0 spiro atoms. The summed E-state index contributed by atoms with van der Waals surface area (Å²) in [7, 11) is 0. The summed E-state index contributed by atoms with van der Waals surface area (Å²) in [6, 6.07) is 10.8. The van der Waals surface area contributed by atoms with E-state index in [1.54, 1.807) is 0 Å². The Hall–Kier alpha value is -0.820. The fourth-order valence-corrected chi connectivity index (χ4v) is 2.70. The van der Waals surface area contributed by atoms with Crippen LogP contribution in [0, 0.1) is 5.41 Å². The van der Waals surface area contributed by atoms with Crippen LogP contribution in [0.3, 0.4) is 0 Å². The van der Waals surface area contributed by atoms with E-state index in [2.05, 4.69) is 56.4 Å². The normalized spacial score (nSPS) is 14.4. The van der Waals surface area contributed by atoms with E-state index in [1.165, 1.54) is 37.7 Å². The fraction of sp³-hybridized carbons (Fsp3) is 0.647. The van der Waals surface area contributed by atoms with E-state index in [4.69, 9.17) is 0 Å². The highest BCUT2D eigenvalue weighted by atomic mass is 14.9. The molecule has 0 heterocycles. The molecule has 1 heteroatoms. The first-order valence-corrected chi connectivity index (χ1v) is 7.45. The number of hydrogen-bond donors (Lipinski definition) is 1. The fourth-order valence-electron chi connectivity index (χ4n) is 2.70. The summed E-state index contributed by atoms with van der Waals surface area (Å²) in [6.07, 6.45) is 6.45. The van der Waals surface area contributed by atoms with Crippen molar-refractivity contribution in [3.8, 4) is 0 Å². The molecule has 0 aliphatic heterocycles. The molecule has 1 atom stereocenters. The molecule has 102 valence electrons. The minimum Gasteiger partial charge on any atom is -0.316 e. The van der Waals surface area contributed by atoms with Crippen LogP contribution in [-0.2, 0) is 6.42 Å². The van der Waals surface area contributed by atoms with E-state index in [1.807, 2.05) is 0 Å². The Morgan fingerprint density at radius 3 is 2.39 bits per heavy atom. The van der Waals surface area contributed by atoms with Gasteiger partial charge < -0.3 is 5.32 Å².